The van der Waals surface area contributed by atoms with Gasteiger partial charge in [-0.05, 0) is 45.4 Å². The molecule has 0 fully saturated rings. The van der Waals surface area contributed by atoms with Crippen LogP contribution in [0.5, 0.6) is 5.75 Å². The molecule has 0 bridgehead atoms. The normalized spacial score (nSPS) is 15.0. The lowest BCUT2D eigenvalue weighted by Crippen LogP contribution is -2.31. The summed E-state index contributed by atoms with van der Waals surface area (Å²) in [5, 5.41) is -0.370. The third-order valence-corrected chi connectivity index (χ3v) is 4.74. The number of alkyl halides is 6. The van der Waals surface area contributed by atoms with Crippen LogP contribution in [0.15, 0.2) is 22.6 Å². The van der Waals surface area contributed by atoms with Gasteiger partial charge in [0.25, 0.3) is 0 Å². The number of ether oxygens (including phenoxy) is 1. The molecule has 1 atom stereocenters. The van der Waals surface area contributed by atoms with Gasteiger partial charge in [0.05, 0.1) is 11.6 Å². The van der Waals surface area contributed by atoms with E-state index in [1.54, 1.807) is 0 Å². The highest BCUT2D eigenvalue weighted by Gasteiger charge is 2.42. The molecule has 1 unspecified atom stereocenters. The molecule has 0 heterocycles. The van der Waals surface area contributed by atoms with E-state index in [0.717, 1.165) is 18.2 Å². The standard InChI is InChI=1S/C16H18ClF6NO2S/c1-14(2,3)27(25)24-13(16(21,22)23)11-6-5-10(9-12(11)17)26-8-4-7-15(18,19)20/h5-6,9H,4,7-8H2,1-3H3/b24-13+. The van der Waals surface area contributed by atoms with Gasteiger partial charge < -0.3 is 9.29 Å². The summed E-state index contributed by atoms with van der Waals surface area (Å²) < 4.78 is 95.5. The van der Waals surface area contributed by atoms with E-state index in [1.165, 1.54) is 20.8 Å². The molecule has 11 heteroatoms. The molecular formula is C16H18ClF6NO2S. The fourth-order valence-electron chi connectivity index (χ4n) is 1.71. The van der Waals surface area contributed by atoms with Crippen molar-refractivity contribution in [2.24, 2.45) is 4.40 Å². The molecule has 0 aliphatic carbocycles. The fourth-order valence-corrected chi connectivity index (χ4v) is 2.62. The Balaban J connectivity index is 3.02. The molecular weight excluding hydrogens is 420 g/mol. The van der Waals surface area contributed by atoms with Gasteiger partial charge in [-0.25, -0.2) is 0 Å². The van der Waals surface area contributed by atoms with E-state index in [9.17, 15) is 30.9 Å². The maximum absolute atomic E-state index is 13.3. The Bertz CT molecular complexity index is 670. The molecule has 0 saturated heterocycles. The van der Waals surface area contributed by atoms with Crippen LogP contribution in [0.4, 0.5) is 26.3 Å². The summed E-state index contributed by atoms with van der Waals surface area (Å²) >= 11 is 3.70. The Morgan fingerprint density at radius 1 is 1.15 bits per heavy atom. The minimum Gasteiger partial charge on any atom is -0.591 e. The third kappa shape index (κ3) is 8.18. The average molecular weight is 438 g/mol. The third-order valence-electron chi connectivity index (χ3n) is 3.04. The summed E-state index contributed by atoms with van der Waals surface area (Å²) in [6, 6.07) is 3.16. The summed E-state index contributed by atoms with van der Waals surface area (Å²) in [5.74, 6) is 0.0180. The van der Waals surface area contributed by atoms with E-state index in [0.29, 0.717) is 0 Å². The molecule has 0 aliphatic rings. The van der Waals surface area contributed by atoms with E-state index >= 15 is 0 Å². The smallest absolute Gasteiger partial charge is 0.438 e. The minimum absolute atomic E-state index is 0.0180. The Labute approximate surface area is 161 Å². The molecule has 1 aromatic rings. The van der Waals surface area contributed by atoms with Gasteiger partial charge in [-0.1, -0.05) is 16.0 Å². The zero-order valence-corrected chi connectivity index (χ0v) is 16.2. The second-order valence-corrected chi connectivity index (χ2v) is 8.82. The van der Waals surface area contributed by atoms with Crippen molar-refractivity contribution in [2.45, 2.75) is 50.7 Å². The van der Waals surface area contributed by atoms with Crippen LogP contribution >= 0.6 is 11.6 Å². The quantitative estimate of drug-likeness (QED) is 0.241. The molecule has 27 heavy (non-hydrogen) atoms. The van der Waals surface area contributed by atoms with Gasteiger partial charge in [-0.2, -0.15) is 26.3 Å². The topological polar surface area (TPSA) is 44.7 Å². The maximum Gasteiger partial charge on any atom is 0.438 e. The van der Waals surface area contributed by atoms with Gasteiger partial charge in [0, 0.05) is 12.0 Å². The number of nitrogens with zero attached hydrogens (tertiary/aromatic N) is 1. The van der Waals surface area contributed by atoms with Crippen LogP contribution in [0.1, 0.15) is 39.2 Å². The van der Waals surface area contributed by atoms with Crippen molar-refractivity contribution in [3.8, 4) is 5.75 Å². The van der Waals surface area contributed by atoms with Crippen molar-refractivity contribution in [1.82, 2.24) is 0 Å². The van der Waals surface area contributed by atoms with Gasteiger partial charge in [0.15, 0.2) is 0 Å². The SMILES string of the molecule is CC(C)(C)[S+]([O-])/N=C(\c1ccc(OCCCC(F)(F)F)cc1Cl)C(F)(F)F. The minimum atomic E-state index is -4.90. The van der Waals surface area contributed by atoms with Crippen LogP contribution in [0, 0.1) is 0 Å². The predicted octanol–water partition coefficient (Wildman–Crippen LogP) is 5.87. The molecule has 0 N–H and O–H groups in total. The van der Waals surface area contributed by atoms with Gasteiger partial charge >= 0.3 is 12.4 Å². The van der Waals surface area contributed by atoms with Crippen LogP contribution in [-0.4, -0.2) is 34.0 Å². The molecule has 3 nitrogen and oxygen atoms in total. The monoisotopic (exact) mass is 437 g/mol. The number of rotatable bonds is 6. The Kier molecular flexibility index (Phi) is 7.89. The Morgan fingerprint density at radius 2 is 1.74 bits per heavy atom. The molecule has 0 aliphatic heterocycles. The molecule has 0 saturated carbocycles. The van der Waals surface area contributed by atoms with E-state index in [-0.39, 0.29) is 23.8 Å². The molecule has 0 radical (unpaired) electrons. The van der Waals surface area contributed by atoms with Crippen molar-refractivity contribution < 1.29 is 35.6 Å². The van der Waals surface area contributed by atoms with E-state index in [1.807, 2.05) is 0 Å². The number of hydrogen-bond donors (Lipinski definition) is 0. The zero-order valence-electron chi connectivity index (χ0n) is 14.7. The van der Waals surface area contributed by atoms with Crippen LogP contribution < -0.4 is 4.74 Å². The summed E-state index contributed by atoms with van der Waals surface area (Å²) in [5.41, 5.74) is -1.89. The lowest BCUT2D eigenvalue weighted by atomic mass is 10.1. The predicted molar refractivity (Wildman–Crippen MR) is 92.7 cm³/mol. The van der Waals surface area contributed by atoms with E-state index in [4.69, 9.17) is 16.3 Å². The van der Waals surface area contributed by atoms with Crippen molar-refractivity contribution in [2.75, 3.05) is 6.61 Å². The maximum atomic E-state index is 13.3. The van der Waals surface area contributed by atoms with Gasteiger partial charge in [-0.15, -0.1) is 0 Å². The average Bonchev–Trinajstić information content (AvgIpc) is 2.46. The Morgan fingerprint density at radius 3 is 2.19 bits per heavy atom. The van der Waals surface area contributed by atoms with Gasteiger partial charge in [0.2, 0.25) is 5.71 Å². The van der Waals surface area contributed by atoms with Gasteiger partial charge in [-0.3, -0.25) is 0 Å². The largest absolute Gasteiger partial charge is 0.591 e. The van der Waals surface area contributed by atoms with E-state index < -0.39 is 46.2 Å². The lowest BCUT2D eigenvalue weighted by molar-refractivity contribution is -0.136. The van der Waals surface area contributed by atoms with Gasteiger partial charge in [0.1, 0.15) is 21.9 Å². The second kappa shape index (κ2) is 8.91. The lowest BCUT2D eigenvalue weighted by Gasteiger charge is -2.20. The zero-order chi connectivity index (χ0) is 21.0. The first-order valence-corrected chi connectivity index (χ1v) is 9.17. The first-order valence-electron chi connectivity index (χ1n) is 7.68. The molecule has 1 rings (SSSR count). The number of benzene rings is 1. The number of hydrogen-bond acceptors (Lipinski definition) is 3. The molecule has 0 amide bonds. The van der Waals surface area contributed by atoms with Crippen molar-refractivity contribution in [1.29, 1.82) is 0 Å². The summed E-state index contributed by atoms with van der Waals surface area (Å²) in [4.78, 5) is 0. The van der Waals surface area contributed by atoms with Crippen molar-refractivity contribution in [3.63, 3.8) is 0 Å². The molecule has 0 aromatic heterocycles. The van der Waals surface area contributed by atoms with Crippen LogP contribution in [0.2, 0.25) is 5.02 Å². The second-order valence-electron chi connectivity index (χ2n) is 6.51. The number of halogens is 7. The fraction of sp³-hybridized carbons (Fsp3) is 0.562. The summed E-state index contributed by atoms with van der Waals surface area (Å²) in [6.45, 7) is 4.14. The summed E-state index contributed by atoms with van der Waals surface area (Å²) in [7, 11) is 0. The van der Waals surface area contributed by atoms with Crippen molar-refractivity contribution in [3.05, 3.63) is 28.8 Å². The van der Waals surface area contributed by atoms with E-state index in [2.05, 4.69) is 4.40 Å². The Hall–Kier alpha value is -1.13. The van der Waals surface area contributed by atoms with Crippen LogP contribution in [-0.2, 0) is 11.4 Å². The highest BCUT2D eigenvalue weighted by molar-refractivity contribution is 7.91. The van der Waals surface area contributed by atoms with Crippen molar-refractivity contribution >= 4 is 28.7 Å². The summed E-state index contributed by atoms with van der Waals surface area (Å²) in [6.07, 6.45) is -10.6. The van der Waals surface area contributed by atoms with Crippen LogP contribution in [0.3, 0.4) is 0 Å². The highest BCUT2D eigenvalue weighted by Crippen LogP contribution is 2.32. The molecule has 0 spiro atoms. The highest BCUT2D eigenvalue weighted by atomic mass is 35.5. The first-order chi connectivity index (χ1) is 12.1. The van der Waals surface area contributed by atoms with Crippen LogP contribution in [0.25, 0.3) is 0 Å². The molecule has 154 valence electrons. The molecule has 1 aromatic carbocycles. The first kappa shape index (κ1) is 23.9.